The van der Waals surface area contributed by atoms with E-state index in [1.165, 1.54) is 17.7 Å². The lowest BCUT2D eigenvalue weighted by Crippen LogP contribution is -2.43. The maximum absolute atomic E-state index is 13.2. The highest BCUT2D eigenvalue weighted by Gasteiger charge is 2.22. The number of aromatic nitrogens is 1. The second-order valence-electron chi connectivity index (χ2n) is 8.14. The second kappa shape index (κ2) is 12.1. The Kier molecular flexibility index (Phi) is 8.41. The average Bonchev–Trinajstić information content (AvgIpc) is 2.89. The van der Waals surface area contributed by atoms with Crippen LogP contribution in [0, 0.1) is 5.82 Å². The number of carbonyl (C=O) groups is 2. The molecule has 4 nitrogen and oxygen atoms in total. The zero-order valence-corrected chi connectivity index (χ0v) is 19.9. The molecule has 0 saturated carbocycles. The fraction of sp³-hybridized carbons (Fsp3) is 0.138. The van der Waals surface area contributed by atoms with Gasteiger partial charge in [0, 0.05) is 17.1 Å². The van der Waals surface area contributed by atoms with E-state index in [0.29, 0.717) is 6.42 Å². The van der Waals surface area contributed by atoms with Crippen molar-refractivity contribution >= 4 is 23.5 Å². The Balaban J connectivity index is 1.42. The van der Waals surface area contributed by atoms with Crippen molar-refractivity contribution in [2.75, 3.05) is 0 Å². The number of thioether (sulfide) groups is 1. The molecule has 4 aromatic rings. The van der Waals surface area contributed by atoms with Crippen LogP contribution in [0.25, 0.3) is 0 Å². The molecule has 0 saturated heterocycles. The zero-order chi connectivity index (χ0) is 24.5. The van der Waals surface area contributed by atoms with Gasteiger partial charge < -0.3 is 5.32 Å². The molecule has 3 aromatic carbocycles. The number of benzene rings is 3. The molecule has 1 aromatic heterocycles. The van der Waals surface area contributed by atoms with E-state index in [9.17, 15) is 14.0 Å². The van der Waals surface area contributed by atoms with Crippen LogP contribution in [0.1, 0.15) is 27.2 Å². The molecule has 176 valence electrons. The summed E-state index contributed by atoms with van der Waals surface area (Å²) in [6, 6.07) is 29.5. The van der Waals surface area contributed by atoms with Gasteiger partial charge in [0.1, 0.15) is 11.5 Å². The standard InChI is InChI=1S/C29H25FN2O2S/c30-24-13-16-26(31-19-24)29(34)32-27(17-21-7-3-1-4-8-21)28(33)18-22-11-14-25(15-12-22)35-20-23-9-5-2-6-10-23/h1-16,19,27H,17-18,20H2,(H,32,34)/t27-/m0/s1. The molecule has 1 heterocycles. The molecule has 0 aliphatic rings. The highest BCUT2D eigenvalue weighted by Crippen LogP contribution is 2.23. The van der Waals surface area contributed by atoms with Crippen LogP contribution in [0.15, 0.2) is 108 Å². The van der Waals surface area contributed by atoms with Gasteiger partial charge in [-0.25, -0.2) is 9.37 Å². The number of nitrogens with one attached hydrogen (secondary N) is 1. The maximum atomic E-state index is 13.2. The van der Waals surface area contributed by atoms with E-state index in [1.807, 2.05) is 72.8 Å². The molecule has 0 fully saturated rings. The lowest BCUT2D eigenvalue weighted by Gasteiger charge is -2.18. The molecule has 0 aliphatic heterocycles. The molecule has 1 amide bonds. The largest absolute Gasteiger partial charge is 0.341 e. The minimum Gasteiger partial charge on any atom is -0.341 e. The van der Waals surface area contributed by atoms with E-state index in [1.54, 1.807) is 11.8 Å². The Bertz CT molecular complexity index is 1250. The van der Waals surface area contributed by atoms with E-state index >= 15 is 0 Å². The van der Waals surface area contributed by atoms with E-state index in [-0.39, 0.29) is 17.9 Å². The molecule has 0 bridgehead atoms. The maximum Gasteiger partial charge on any atom is 0.270 e. The van der Waals surface area contributed by atoms with Gasteiger partial charge in [-0.3, -0.25) is 9.59 Å². The third-order valence-electron chi connectivity index (χ3n) is 5.49. The van der Waals surface area contributed by atoms with Gasteiger partial charge in [0.2, 0.25) is 0 Å². The molecular formula is C29H25FN2O2S. The smallest absolute Gasteiger partial charge is 0.270 e. The number of hydrogen-bond acceptors (Lipinski definition) is 4. The first-order chi connectivity index (χ1) is 17.1. The van der Waals surface area contributed by atoms with E-state index < -0.39 is 17.8 Å². The number of amides is 1. The lowest BCUT2D eigenvalue weighted by atomic mass is 9.97. The van der Waals surface area contributed by atoms with Crippen molar-refractivity contribution in [3.63, 3.8) is 0 Å². The third-order valence-corrected chi connectivity index (χ3v) is 6.57. The first-order valence-electron chi connectivity index (χ1n) is 11.3. The molecule has 6 heteroatoms. The van der Waals surface area contributed by atoms with Crippen LogP contribution in [0.3, 0.4) is 0 Å². The van der Waals surface area contributed by atoms with E-state index in [4.69, 9.17) is 0 Å². The average molecular weight is 485 g/mol. The fourth-order valence-corrected chi connectivity index (χ4v) is 4.46. The van der Waals surface area contributed by atoms with Crippen molar-refractivity contribution in [2.24, 2.45) is 0 Å². The Morgan fingerprint density at radius 2 is 1.46 bits per heavy atom. The van der Waals surface area contributed by atoms with Crippen LogP contribution in [0.2, 0.25) is 0 Å². The topological polar surface area (TPSA) is 59.1 Å². The lowest BCUT2D eigenvalue weighted by molar-refractivity contribution is -0.120. The van der Waals surface area contributed by atoms with E-state index in [2.05, 4.69) is 22.4 Å². The summed E-state index contributed by atoms with van der Waals surface area (Å²) in [5, 5.41) is 2.79. The normalized spacial score (nSPS) is 11.6. The van der Waals surface area contributed by atoms with Crippen LogP contribution in [0.5, 0.6) is 0 Å². The van der Waals surface area contributed by atoms with Gasteiger partial charge in [-0.05, 0) is 47.4 Å². The quantitative estimate of drug-likeness (QED) is 0.295. The summed E-state index contributed by atoms with van der Waals surface area (Å²) in [6.07, 6.45) is 1.54. The number of ketones is 1. The first-order valence-corrected chi connectivity index (χ1v) is 12.3. The molecule has 4 rings (SSSR count). The highest BCUT2D eigenvalue weighted by molar-refractivity contribution is 7.98. The van der Waals surface area contributed by atoms with Crippen LogP contribution in [-0.4, -0.2) is 22.7 Å². The van der Waals surface area contributed by atoms with Crippen molar-refractivity contribution in [3.8, 4) is 0 Å². The summed E-state index contributed by atoms with van der Waals surface area (Å²) in [4.78, 5) is 30.9. The molecule has 0 aliphatic carbocycles. The Labute approximate surface area is 208 Å². The SMILES string of the molecule is O=C(N[C@@H](Cc1ccccc1)C(=O)Cc1ccc(SCc2ccccc2)cc1)c1ccc(F)cn1. The molecule has 0 spiro atoms. The van der Waals surface area contributed by atoms with Gasteiger partial charge in [0.05, 0.1) is 12.2 Å². The van der Waals surface area contributed by atoms with Gasteiger partial charge in [-0.1, -0.05) is 72.8 Å². The number of rotatable bonds is 10. The number of carbonyl (C=O) groups excluding carboxylic acids is 2. The predicted molar refractivity (Wildman–Crippen MR) is 137 cm³/mol. The number of hydrogen-bond donors (Lipinski definition) is 1. The number of nitrogens with zero attached hydrogens (tertiary/aromatic N) is 1. The number of halogens is 1. The summed E-state index contributed by atoms with van der Waals surface area (Å²) in [5.74, 6) is -0.258. The molecular weight excluding hydrogens is 459 g/mol. The monoisotopic (exact) mass is 484 g/mol. The van der Waals surface area contributed by atoms with Crippen molar-refractivity contribution in [1.29, 1.82) is 0 Å². The van der Waals surface area contributed by atoms with E-state index in [0.717, 1.165) is 28.0 Å². The minimum absolute atomic E-state index is 0.0667. The summed E-state index contributed by atoms with van der Waals surface area (Å²) < 4.78 is 13.2. The van der Waals surface area contributed by atoms with Crippen molar-refractivity contribution < 1.29 is 14.0 Å². The highest BCUT2D eigenvalue weighted by atomic mass is 32.2. The zero-order valence-electron chi connectivity index (χ0n) is 19.1. The summed E-state index contributed by atoms with van der Waals surface area (Å²) in [7, 11) is 0. The third kappa shape index (κ3) is 7.36. The van der Waals surface area contributed by atoms with Gasteiger partial charge in [0.15, 0.2) is 5.78 Å². The summed E-state index contributed by atoms with van der Waals surface area (Å²) in [6.45, 7) is 0. The van der Waals surface area contributed by atoms with Gasteiger partial charge in [-0.15, -0.1) is 11.8 Å². The molecule has 35 heavy (non-hydrogen) atoms. The fourth-order valence-electron chi connectivity index (χ4n) is 3.61. The summed E-state index contributed by atoms with van der Waals surface area (Å²) >= 11 is 1.74. The predicted octanol–water partition coefficient (Wildman–Crippen LogP) is 5.67. The molecule has 1 N–H and O–H groups in total. The number of Topliss-reactive ketones (excluding diaryl/α,β-unsaturated/α-hetero) is 1. The van der Waals surface area contributed by atoms with Crippen LogP contribution in [0.4, 0.5) is 4.39 Å². The van der Waals surface area contributed by atoms with Crippen LogP contribution in [-0.2, 0) is 23.4 Å². The Morgan fingerprint density at radius 1 is 0.800 bits per heavy atom. The Morgan fingerprint density at radius 3 is 2.09 bits per heavy atom. The van der Waals surface area contributed by atoms with Gasteiger partial charge >= 0.3 is 0 Å². The van der Waals surface area contributed by atoms with Crippen molar-refractivity contribution in [2.45, 2.75) is 29.5 Å². The molecule has 0 radical (unpaired) electrons. The minimum atomic E-state index is -0.733. The summed E-state index contributed by atoms with van der Waals surface area (Å²) in [5.41, 5.74) is 3.14. The van der Waals surface area contributed by atoms with Crippen LogP contribution < -0.4 is 5.32 Å². The molecule has 1 atom stereocenters. The number of pyridine rings is 1. The molecule has 0 unspecified atom stereocenters. The first kappa shape index (κ1) is 24.4. The van der Waals surface area contributed by atoms with Gasteiger partial charge in [0.25, 0.3) is 5.91 Å². The van der Waals surface area contributed by atoms with Crippen molar-refractivity contribution in [1.82, 2.24) is 10.3 Å². The van der Waals surface area contributed by atoms with Crippen LogP contribution >= 0.6 is 11.8 Å². The second-order valence-corrected chi connectivity index (χ2v) is 9.19. The van der Waals surface area contributed by atoms with Gasteiger partial charge in [-0.2, -0.15) is 0 Å². The Hall–Kier alpha value is -3.77. The van der Waals surface area contributed by atoms with Crippen molar-refractivity contribution in [3.05, 3.63) is 131 Å².